The van der Waals surface area contributed by atoms with E-state index in [1.807, 2.05) is 54.6 Å². The molecule has 0 spiro atoms. The number of rotatable bonds is 12. The Hall–Kier alpha value is -3.28. The molecule has 11 heteroatoms. The van der Waals surface area contributed by atoms with Crippen LogP contribution in [-0.2, 0) is 32.8 Å². The maximum absolute atomic E-state index is 14.0. The van der Waals surface area contributed by atoms with Crippen LogP contribution in [0.5, 0.6) is 0 Å². The molecule has 8 nitrogen and oxygen atoms in total. The maximum Gasteiger partial charge on any atom is 0.304 e. The lowest BCUT2D eigenvalue weighted by Gasteiger charge is -2.34. The number of carbonyl (C=O) groups excluding carboxylic acids is 2. The van der Waals surface area contributed by atoms with Crippen molar-refractivity contribution in [1.29, 1.82) is 0 Å². The molecule has 208 valence electrons. The third-order valence-corrected chi connectivity index (χ3v) is 8.31. The Kier molecular flexibility index (Phi) is 10.6. The molecule has 0 aliphatic rings. The number of benzene rings is 3. The van der Waals surface area contributed by atoms with Crippen molar-refractivity contribution < 1.29 is 22.4 Å². The van der Waals surface area contributed by atoms with Gasteiger partial charge in [-0.1, -0.05) is 58.4 Å². The van der Waals surface area contributed by atoms with Crippen molar-refractivity contribution in [2.45, 2.75) is 25.9 Å². The van der Waals surface area contributed by atoms with E-state index < -0.39 is 34.5 Å². The van der Waals surface area contributed by atoms with Crippen LogP contribution in [0.4, 0.5) is 10.1 Å². The third kappa shape index (κ3) is 8.11. The Bertz CT molecular complexity index is 1370. The van der Waals surface area contributed by atoms with Gasteiger partial charge in [-0.3, -0.25) is 9.59 Å². The summed E-state index contributed by atoms with van der Waals surface area (Å²) in [5.74, 6) is -1.48. The van der Waals surface area contributed by atoms with Gasteiger partial charge in [-0.25, -0.2) is 8.70 Å². The quantitative estimate of drug-likeness (QED) is 0.332. The van der Waals surface area contributed by atoms with Gasteiger partial charge in [-0.15, -0.1) is 0 Å². The van der Waals surface area contributed by atoms with Crippen molar-refractivity contribution >= 4 is 43.6 Å². The van der Waals surface area contributed by atoms with Crippen molar-refractivity contribution in [2.24, 2.45) is 0 Å². The highest BCUT2D eigenvalue weighted by Gasteiger charge is 2.34. The van der Waals surface area contributed by atoms with E-state index in [2.05, 4.69) is 21.2 Å². The summed E-state index contributed by atoms with van der Waals surface area (Å²) in [6.07, 6.45) is 0.226. The van der Waals surface area contributed by atoms with Gasteiger partial charge < -0.3 is 10.2 Å². The normalized spacial score (nSPS) is 12.2. The summed E-state index contributed by atoms with van der Waals surface area (Å²) in [5, 5.41) is 2.81. The van der Waals surface area contributed by atoms with Crippen LogP contribution in [0.15, 0.2) is 83.3 Å². The topological polar surface area (TPSA) is 90.0 Å². The first-order chi connectivity index (χ1) is 18.5. The Labute approximate surface area is 237 Å². The van der Waals surface area contributed by atoms with E-state index in [0.29, 0.717) is 6.54 Å². The van der Waals surface area contributed by atoms with Crippen LogP contribution in [0.3, 0.4) is 0 Å². The minimum Gasteiger partial charge on any atom is -0.355 e. The summed E-state index contributed by atoms with van der Waals surface area (Å²) in [5.41, 5.74) is 1.72. The van der Waals surface area contributed by atoms with Gasteiger partial charge >= 0.3 is 10.2 Å². The molecule has 0 aliphatic heterocycles. The monoisotopic (exact) mass is 618 g/mol. The van der Waals surface area contributed by atoms with Crippen molar-refractivity contribution in [3.05, 3.63) is 100 Å². The molecule has 0 saturated carbocycles. The molecule has 39 heavy (non-hydrogen) atoms. The predicted molar refractivity (Wildman–Crippen MR) is 154 cm³/mol. The molecule has 1 atom stereocenters. The first-order valence-electron chi connectivity index (χ1n) is 12.3. The minimum absolute atomic E-state index is 0.0617. The fourth-order valence-corrected chi connectivity index (χ4v) is 5.50. The Balaban J connectivity index is 2.07. The van der Waals surface area contributed by atoms with Gasteiger partial charge in [-0.05, 0) is 54.4 Å². The Morgan fingerprint density at radius 2 is 1.59 bits per heavy atom. The largest absolute Gasteiger partial charge is 0.355 e. The molecule has 0 aliphatic carbocycles. The minimum atomic E-state index is -4.14. The van der Waals surface area contributed by atoms with Crippen LogP contribution in [0.25, 0.3) is 0 Å². The van der Waals surface area contributed by atoms with Gasteiger partial charge in [0, 0.05) is 38.1 Å². The lowest BCUT2D eigenvalue weighted by Crippen LogP contribution is -2.54. The average Bonchev–Trinajstić information content (AvgIpc) is 2.90. The van der Waals surface area contributed by atoms with Gasteiger partial charge in [0.15, 0.2) is 0 Å². The Morgan fingerprint density at radius 1 is 0.949 bits per heavy atom. The fraction of sp³-hybridized carbons (Fsp3) is 0.286. The number of likely N-dealkylation sites (N-methyl/N-ethyl adjacent to an activating group) is 1. The van der Waals surface area contributed by atoms with Crippen molar-refractivity contribution in [1.82, 2.24) is 14.5 Å². The van der Waals surface area contributed by atoms with Crippen LogP contribution >= 0.6 is 15.9 Å². The number of hydrogen-bond donors (Lipinski definition) is 1. The van der Waals surface area contributed by atoms with Crippen molar-refractivity contribution in [3.63, 3.8) is 0 Å². The first-order valence-corrected chi connectivity index (χ1v) is 14.5. The number of carbonyl (C=O) groups is 2. The third-order valence-electron chi connectivity index (χ3n) is 6.00. The van der Waals surface area contributed by atoms with E-state index in [-0.39, 0.29) is 24.6 Å². The lowest BCUT2D eigenvalue weighted by atomic mass is 10.0. The fourth-order valence-electron chi connectivity index (χ4n) is 4.00. The van der Waals surface area contributed by atoms with Gasteiger partial charge in [0.2, 0.25) is 11.8 Å². The van der Waals surface area contributed by atoms with Crippen LogP contribution < -0.4 is 9.62 Å². The standard InChI is InChI=1S/C28H32BrFN4O4S/c1-4-31-28(36)26(18-21-9-6-5-7-10-21)33(19-22-11-8-12-23(29)17-22)27(35)20-34(39(37,38)32(2)3)25-15-13-24(30)14-16-25/h5-17,26H,4,18-20H2,1-3H3,(H,31,36). The smallest absolute Gasteiger partial charge is 0.304 e. The number of hydrogen-bond acceptors (Lipinski definition) is 4. The summed E-state index contributed by atoms with van der Waals surface area (Å²) < 4.78 is 42.9. The molecule has 3 rings (SSSR count). The zero-order valence-corrected chi connectivity index (χ0v) is 24.5. The zero-order chi connectivity index (χ0) is 28.6. The molecule has 3 aromatic carbocycles. The first kappa shape index (κ1) is 30.3. The molecule has 1 unspecified atom stereocenters. The molecule has 1 N–H and O–H groups in total. The molecule has 0 saturated heterocycles. The molecule has 0 fully saturated rings. The van der Waals surface area contributed by atoms with E-state index in [1.165, 1.54) is 31.1 Å². The van der Waals surface area contributed by atoms with E-state index >= 15 is 0 Å². The second-order valence-corrected chi connectivity index (χ2v) is 12.0. The van der Waals surface area contributed by atoms with Gasteiger partial charge in [0.05, 0.1) is 5.69 Å². The van der Waals surface area contributed by atoms with E-state index in [9.17, 15) is 22.4 Å². The van der Waals surface area contributed by atoms with Crippen molar-refractivity contribution in [3.8, 4) is 0 Å². The molecule has 0 radical (unpaired) electrons. The number of nitrogens with one attached hydrogen (secondary N) is 1. The second-order valence-electron chi connectivity index (χ2n) is 9.02. The van der Waals surface area contributed by atoms with Gasteiger partial charge in [0.1, 0.15) is 18.4 Å². The summed E-state index contributed by atoms with van der Waals surface area (Å²) in [4.78, 5) is 28.8. The number of halogens is 2. The molecule has 2 amide bonds. The highest BCUT2D eigenvalue weighted by atomic mass is 79.9. The molecular weight excluding hydrogens is 587 g/mol. The van der Waals surface area contributed by atoms with Crippen molar-refractivity contribution in [2.75, 3.05) is 31.5 Å². The molecule has 0 bridgehead atoms. The molecular formula is C28H32BrFN4O4S. The van der Waals surface area contributed by atoms with E-state index in [1.54, 1.807) is 6.92 Å². The number of amides is 2. The van der Waals surface area contributed by atoms with Gasteiger partial charge in [0.25, 0.3) is 0 Å². The van der Waals surface area contributed by atoms with E-state index in [0.717, 1.165) is 36.3 Å². The second kappa shape index (κ2) is 13.7. The highest BCUT2D eigenvalue weighted by Crippen LogP contribution is 2.23. The summed E-state index contributed by atoms with van der Waals surface area (Å²) in [6.45, 7) is 1.62. The van der Waals surface area contributed by atoms with Crippen LogP contribution in [0.1, 0.15) is 18.1 Å². The molecule has 0 aromatic heterocycles. The Morgan fingerprint density at radius 3 is 2.18 bits per heavy atom. The average molecular weight is 620 g/mol. The lowest BCUT2D eigenvalue weighted by molar-refractivity contribution is -0.140. The summed E-state index contributed by atoms with van der Waals surface area (Å²) in [7, 11) is -1.44. The van der Waals surface area contributed by atoms with Crippen LogP contribution in [-0.4, -0.2) is 62.7 Å². The number of anilines is 1. The zero-order valence-electron chi connectivity index (χ0n) is 22.1. The summed E-state index contributed by atoms with van der Waals surface area (Å²) in [6, 6.07) is 20.6. The maximum atomic E-state index is 14.0. The van der Waals surface area contributed by atoms with Crippen LogP contribution in [0, 0.1) is 5.82 Å². The summed E-state index contributed by atoms with van der Waals surface area (Å²) >= 11 is 3.45. The van der Waals surface area contributed by atoms with E-state index in [4.69, 9.17) is 0 Å². The predicted octanol–water partition coefficient (Wildman–Crippen LogP) is 3.98. The van der Waals surface area contributed by atoms with Crippen LogP contribution in [0.2, 0.25) is 0 Å². The molecule has 0 heterocycles. The SMILES string of the molecule is CCNC(=O)C(Cc1ccccc1)N(Cc1cccc(Br)c1)C(=O)CN(c1ccc(F)cc1)S(=O)(=O)N(C)C. The van der Waals surface area contributed by atoms with Gasteiger partial charge in [-0.2, -0.15) is 12.7 Å². The highest BCUT2D eigenvalue weighted by molar-refractivity contribution is 9.10. The molecule has 3 aromatic rings. The number of nitrogens with zero attached hydrogens (tertiary/aromatic N) is 3.